The molecule has 0 heterocycles. The van der Waals surface area contributed by atoms with Crippen molar-refractivity contribution in [3.63, 3.8) is 0 Å². The van der Waals surface area contributed by atoms with E-state index in [0.717, 1.165) is 11.1 Å². The Morgan fingerprint density at radius 3 is 2.25 bits per heavy atom. The lowest BCUT2D eigenvalue weighted by Gasteiger charge is -2.15. The summed E-state index contributed by atoms with van der Waals surface area (Å²) in [6, 6.07) is 6.07. The number of alkyl halides is 1. The number of hydrogen-bond acceptors (Lipinski definition) is 1. The molecule has 0 aromatic heterocycles. The molecule has 0 spiro atoms. The third kappa shape index (κ3) is 2.85. The Kier molecular flexibility index (Phi) is 4.55. The fourth-order valence-electron chi connectivity index (χ4n) is 1.74. The van der Waals surface area contributed by atoms with Crippen molar-refractivity contribution >= 4 is 17.4 Å². The van der Waals surface area contributed by atoms with Crippen molar-refractivity contribution in [1.29, 1.82) is 0 Å². The van der Waals surface area contributed by atoms with E-state index in [1.807, 2.05) is 12.1 Å². The molecule has 16 heavy (non-hydrogen) atoms. The van der Waals surface area contributed by atoms with Gasteiger partial charge in [-0.05, 0) is 23.0 Å². The number of benzene rings is 1. The van der Waals surface area contributed by atoms with E-state index in [1.165, 1.54) is 5.56 Å². The highest BCUT2D eigenvalue weighted by Gasteiger charge is 2.14. The molecule has 0 N–H and O–H groups in total. The molecule has 0 saturated carbocycles. The van der Waals surface area contributed by atoms with E-state index in [0.29, 0.717) is 11.8 Å². The molecular formula is C14H19ClO. The van der Waals surface area contributed by atoms with E-state index < -0.39 is 0 Å². The van der Waals surface area contributed by atoms with Crippen LogP contribution < -0.4 is 0 Å². The first-order valence-electron chi connectivity index (χ1n) is 5.70. The molecule has 0 aliphatic carbocycles. The van der Waals surface area contributed by atoms with Crippen molar-refractivity contribution in [2.75, 3.05) is 5.88 Å². The van der Waals surface area contributed by atoms with Crippen LogP contribution in [0.15, 0.2) is 18.2 Å². The minimum Gasteiger partial charge on any atom is -0.293 e. The predicted molar refractivity (Wildman–Crippen MR) is 69.7 cm³/mol. The molecule has 0 amide bonds. The number of carbonyl (C=O) groups is 1. The van der Waals surface area contributed by atoms with Gasteiger partial charge < -0.3 is 0 Å². The third-order valence-corrected chi connectivity index (χ3v) is 3.03. The molecule has 1 aromatic carbocycles. The lowest BCUT2D eigenvalue weighted by atomic mass is 9.90. The maximum atomic E-state index is 11.7. The topological polar surface area (TPSA) is 17.1 Å². The van der Waals surface area contributed by atoms with Crippen LogP contribution in [0.5, 0.6) is 0 Å². The van der Waals surface area contributed by atoms with Crippen LogP contribution >= 0.6 is 11.6 Å². The van der Waals surface area contributed by atoms with Crippen LogP contribution in [0.25, 0.3) is 0 Å². The summed E-state index contributed by atoms with van der Waals surface area (Å²) < 4.78 is 0. The Bertz CT molecular complexity index is 380. The van der Waals surface area contributed by atoms with E-state index in [4.69, 9.17) is 11.6 Å². The molecule has 0 aliphatic heterocycles. The van der Waals surface area contributed by atoms with Gasteiger partial charge >= 0.3 is 0 Å². The summed E-state index contributed by atoms with van der Waals surface area (Å²) in [5.41, 5.74) is 3.15. The zero-order chi connectivity index (χ0) is 12.3. The zero-order valence-electron chi connectivity index (χ0n) is 10.4. The monoisotopic (exact) mass is 238 g/mol. The number of rotatable bonds is 4. The summed E-state index contributed by atoms with van der Waals surface area (Å²) in [6.07, 6.45) is 0. The molecule has 0 atom stereocenters. The molecular weight excluding hydrogens is 220 g/mol. The maximum Gasteiger partial charge on any atom is 0.177 e. The molecule has 1 rings (SSSR count). The Hall–Kier alpha value is -0.820. The number of hydrogen-bond donors (Lipinski definition) is 0. The van der Waals surface area contributed by atoms with Gasteiger partial charge in [0, 0.05) is 5.56 Å². The van der Waals surface area contributed by atoms with Gasteiger partial charge in [0.2, 0.25) is 0 Å². The molecule has 0 radical (unpaired) electrons. The van der Waals surface area contributed by atoms with Crippen LogP contribution in [0, 0.1) is 0 Å². The van der Waals surface area contributed by atoms with Gasteiger partial charge in [-0.2, -0.15) is 0 Å². The van der Waals surface area contributed by atoms with Crippen molar-refractivity contribution in [2.45, 2.75) is 39.5 Å². The SMILES string of the molecule is CC(C)c1ccc(C(=O)CCl)c(C(C)C)c1. The average Bonchev–Trinajstić information content (AvgIpc) is 2.26. The van der Waals surface area contributed by atoms with Crippen LogP contribution in [0.2, 0.25) is 0 Å². The fraction of sp³-hybridized carbons (Fsp3) is 0.500. The van der Waals surface area contributed by atoms with E-state index >= 15 is 0 Å². The molecule has 2 heteroatoms. The highest BCUT2D eigenvalue weighted by atomic mass is 35.5. The summed E-state index contributed by atoms with van der Waals surface area (Å²) >= 11 is 5.62. The van der Waals surface area contributed by atoms with Crippen molar-refractivity contribution in [3.05, 3.63) is 34.9 Å². The van der Waals surface area contributed by atoms with Gasteiger partial charge in [-0.3, -0.25) is 4.79 Å². The maximum absolute atomic E-state index is 11.7. The lowest BCUT2D eigenvalue weighted by Crippen LogP contribution is -2.07. The molecule has 0 unspecified atom stereocenters. The Morgan fingerprint density at radius 2 is 1.81 bits per heavy atom. The predicted octanol–water partition coefficient (Wildman–Crippen LogP) is 4.35. The normalized spacial score (nSPS) is 11.2. The summed E-state index contributed by atoms with van der Waals surface area (Å²) in [5.74, 6) is 0.903. The van der Waals surface area contributed by atoms with Gasteiger partial charge in [0.1, 0.15) is 0 Å². The van der Waals surface area contributed by atoms with Gasteiger partial charge in [-0.1, -0.05) is 45.9 Å². The zero-order valence-corrected chi connectivity index (χ0v) is 11.1. The highest BCUT2D eigenvalue weighted by molar-refractivity contribution is 6.30. The van der Waals surface area contributed by atoms with Gasteiger partial charge in [0.25, 0.3) is 0 Å². The molecule has 0 bridgehead atoms. The van der Waals surface area contributed by atoms with Gasteiger partial charge in [0.05, 0.1) is 5.88 Å². The van der Waals surface area contributed by atoms with Crippen LogP contribution in [-0.4, -0.2) is 11.7 Å². The highest BCUT2D eigenvalue weighted by Crippen LogP contribution is 2.25. The number of carbonyl (C=O) groups excluding carboxylic acids is 1. The summed E-state index contributed by atoms with van der Waals surface area (Å²) in [4.78, 5) is 11.7. The van der Waals surface area contributed by atoms with E-state index in [1.54, 1.807) is 0 Å². The van der Waals surface area contributed by atoms with Crippen LogP contribution in [0.4, 0.5) is 0 Å². The Morgan fingerprint density at radius 1 is 1.19 bits per heavy atom. The molecule has 1 nitrogen and oxygen atoms in total. The quantitative estimate of drug-likeness (QED) is 0.563. The third-order valence-electron chi connectivity index (χ3n) is 2.79. The number of halogens is 1. The number of Topliss-reactive ketones (excluding diaryl/α,β-unsaturated/α-hetero) is 1. The number of ketones is 1. The van der Waals surface area contributed by atoms with Gasteiger partial charge in [0.15, 0.2) is 5.78 Å². The molecule has 0 aliphatic rings. The summed E-state index contributed by atoms with van der Waals surface area (Å²) in [6.45, 7) is 8.51. The minimum atomic E-state index is 0.0145. The van der Waals surface area contributed by atoms with Crippen LogP contribution in [-0.2, 0) is 0 Å². The van der Waals surface area contributed by atoms with Crippen molar-refractivity contribution in [1.82, 2.24) is 0 Å². The average molecular weight is 239 g/mol. The van der Waals surface area contributed by atoms with Crippen LogP contribution in [0.1, 0.15) is 61.0 Å². The second kappa shape index (κ2) is 5.49. The summed E-state index contributed by atoms with van der Waals surface area (Å²) in [5, 5.41) is 0. The molecule has 88 valence electrons. The van der Waals surface area contributed by atoms with Crippen LogP contribution in [0.3, 0.4) is 0 Å². The van der Waals surface area contributed by atoms with Crippen molar-refractivity contribution in [3.8, 4) is 0 Å². The minimum absolute atomic E-state index is 0.0145. The van der Waals surface area contributed by atoms with Crippen molar-refractivity contribution in [2.24, 2.45) is 0 Å². The van der Waals surface area contributed by atoms with E-state index in [-0.39, 0.29) is 11.7 Å². The van der Waals surface area contributed by atoms with Gasteiger partial charge in [-0.25, -0.2) is 0 Å². The van der Waals surface area contributed by atoms with E-state index in [2.05, 4.69) is 33.8 Å². The lowest BCUT2D eigenvalue weighted by molar-refractivity contribution is 0.102. The first-order chi connectivity index (χ1) is 7.47. The van der Waals surface area contributed by atoms with Crippen molar-refractivity contribution < 1.29 is 4.79 Å². The second-order valence-corrected chi connectivity index (χ2v) is 4.98. The molecule has 1 aromatic rings. The Balaban J connectivity index is 3.25. The smallest absolute Gasteiger partial charge is 0.177 e. The largest absolute Gasteiger partial charge is 0.293 e. The first-order valence-corrected chi connectivity index (χ1v) is 6.23. The Labute approximate surface area is 103 Å². The van der Waals surface area contributed by atoms with Gasteiger partial charge in [-0.15, -0.1) is 11.6 Å². The first kappa shape index (κ1) is 13.2. The molecule has 0 saturated heterocycles. The van der Waals surface area contributed by atoms with E-state index in [9.17, 15) is 4.79 Å². The molecule has 0 fully saturated rings. The second-order valence-electron chi connectivity index (χ2n) is 4.71. The summed E-state index contributed by atoms with van der Waals surface area (Å²) in [7, 11) is 0. The standard InChI is InChI=1S/C14H19ClO/c1-9(2)11-5-6-12(14(16)8-15)13(7-11)10(3)4/h5-7,9-10H,8H2,1-4H3. The fourth-order valence-corrected chi connectivity index (χ4v) is 1.89.